The second-order valence-corrected chi connectivity index (χ2v) is 6.95. The smallest absolute Gasteiger partial charge is 0.204 e. The molecule has 2 aromatic carbocycles. The van der Waals surface area contributed by atoms with Crippen LogP contribution in [-0.4, -0.2) is 25.6 Å². The molecule has 0 aliphatic rings. The SMILES string of the molecule is CC(C)c1cc(OCc2ccccn2)ccc1Nc1cccc(-c2nn[nH]n2)c1. The average Bonchev–Trinajstić information content (AvgIpc) is 3.29. The number of benzene rings is 2. The van der Waals surface area contributed by atoms with Gasteiger partial charge in [0.05, 0.1) is 5.69 Å². The molecule has 0 amide bonds. The van der Waals surface area contributed by atoms with E-state index in [1.54, 1.807) is 6.20 Å². The molecule has 2 heterocycles. The van der Waals surface area contributed by atoms with Crippen molar-refractivity contribution in [3.63, 3.8) is 0 Å². The minimum absolute atomic E-state index is 0.330. The van der Waals surface area contributed by atoms with Gasteiger partial charge < -0.3 is 10.1 Å². The summed E-state index contributed by atoms with van der Waals surface area (Å²) >= 11 is 0. The summed E-state index contributed by atoms with van der Waals surface area (Å²) in [6, 6.07) is 19.8. The molecule has 0 unspecified atom stereocenters. The molecule has 29 heavy (non-hydrogen) atoms. The summed E-state index contributed by atoms with van der Waals surface area (Å²) in [7, 11) is 0. The lowest BCUT2D eigenvalue weighted by Gasteiger charge is -2.17. The van der Waals surface area contributed by atoms with E-state index in [4.69, 9.17) is 4.74 Å². The predicted octanol–water partition coefficient (Wildman–Crippen LogP) is 4.71. The quantitative estimate of drug-likeness (QED) is 0.478. The molecular formula is C22H22N6O. The zero-order valence-corrected chi connectivity index (χ0v) is 16.3. The Morgan fingerprint density at radius 3 is 2.72 bits per heavy atom. The van der Waals surface area contributed by atoms with Crippen LogP contribution in [0.5, 0.6) is 5.75 Å². The van der Waals surface area contributed by atoms with Crippen LogP contribution in [0.3, 0.4) is 0 Å². The second-order valence-electron chi connectivity index (χ2n) is 6.95. The van der Waals surface area contributed by atoms with Gasteiger partial charge in [0.1, 0.15) is 12.4 Å². The van der Waals surface area contributed by atoms with E-state index in [-0.39, 0.29) is 0 Å². The Kier molecular flexibility index (Phi) is 5.47. The summed E-state index contributed by atoms with van der Waals surface area (Å²) in [5.41, 5.74) is 4.96. The Morgan fingerprint density at radius 1 is 1.03 bits per heavy atom. The summed E-state index contributed by atoms with van der Waals surface area (Å²) < 4.78 is 5.94. The largest absolute Gasteiger partial charge is 0.487 e. The molecule has 0 aliphatic heterocycles. The molecule has 0 atom stereocenters. The molecule has 7 nitrogen and oxygen atoms in total. The van der Waals surface area contributed by atoms with E-state index in [9.17, 15) is 0 Å². The third-order valence-corrected chi connectivity index (χ3v) is 4.50. The molecule has 0 radical (unpaired) electrons. The van der Waals surface area contributed by atoms with Crippen LogP contribution in [0.15, 0.2) is 66.9 Å². The van der Waals surface area contributed by atoms with Crippen molar-refractivity contribution in [3.05, 3.63) is 78.1 Å². The third-order valence-electron chi connectivity index (χ3n) is 4.50. The number of hydrogen-bond donors (Lipinski definition) is 2. The predicted molar refractivity (Wildman–Crippen MR) is 112 cm³/mol. The van der Waals surface area contributed by atoms with E-state index >= 15 is 0 Å². The second kappa shape index (κ2) is 8.52. The minimum Gasteiger partial charge on any atom is -0.487 e. The summed E-state index contributed by atoms with van der Waals surface area (Å²) in [5, 5.41) is 17.7. The highest BCUT2D eigenvalue weighted by molar-refractivity contribution is 5.69. The fourth-order valence-electron chi connectivity index (χ4n) is 3.04. The number of tetrazole rings is 1. The van der Waals surface area contributed by atoms with Gasteiger partial charge in [-0.1, -0.05) is 32.0 Å². The monoisotopic (exact) mass is 386 g/mol. The number of aromatic nitrogens is 5. The first kappa shape index (κ1) is 18.6. The van der Waals surface area contributed by atoms with Gasteiger partial charge in [-0.2, -0.15) is 5.21 Å². The molecule has 7 heteroatoms. The molecule has 2 N–H and O–H groups in total. The molecule has 4 rings (SSSR count). The zero-order valence-electron chi connectivity index (χ0n) is 16.3. The van der Waals surface area contributed by atoms with Crippen molar-refractivity contribution in [1.29, 1.82) is 0 Å². The number of nitrogens with one attached hydrogen (secondary N) is 2. The minimum atomic E-state index is 0.330. The third kappa shape index (κ3) is 4.57. The van der Waals surface area contributed by atoms with Gasteiger partial charge in [0, 0.05) is 23.1 Å². The topological polar surface area (TPSA) is 88.6 Å². The van der Waals surface area contributed by atoms with Crippen LogP contribution in [-0.2, 0) is 6.61 Å². The number of pyridine rings is 1. The highest BCUT2D eigenvalue weighted by atomic mass is 16.5. The zero-order chi connectivity index (χ0) is 20.1. The van der Waals surface area contributed by atoms with Crippen molar-refractivity contribution in [2.75, 3.05) is 5.32 Å². The van der Waals surface area contributed by atoms with E-state index in [1.807, 2.05) is 54.6 Å². The Morgan fingerprint density at radius 2 is 1.97 bits per heavy atom. The number of nitrogens with zero attached hydrogens (tertiary/aromatic N) is 4. The molecule has 2 aromatic heterocycles. The maximum atomic E-state index is 5.94. The van der Waals surface area contributed by atoms with Gasteiger partial charge in [0.2, 0.25) is 5.82 Å². The normalized spacial score (nSPS) is 10.9. The molecule has 0 saturated heterocycles. The van der Waals surface area contributed by atoms with Crippen LogP contribution < -0.4 is 10.1 Å². The van der Waals surface area contributed by atoms with Gasteiger partial charge in [-0.05, 0) is 59.2 Å². The first-order valence-corrected chi connectivity index (χ1v) is 9.46. The number of H-pyrrole nitrogens is 1. The van der Waals surface area contributed by atoms with Gasteiger partial charge in [-0.25, -0.2) is 0 Å². The number of rotatable bonds is 7. The first-order valence-electron chi connectivity index (χ1n) is 9.46. The number of ether oxygens (including phenoxy) is 1. The van der Waals surface area contributed by atoms with Crippen molar-refractivity contribution in [2.45, 2.75) is 26.4 Å². The van der Waals surface area contributed by atoms with Crippen LogP contribution in [0.25, 0.3) is 11.4 Å². The Labute approximate surface area is 169 Å². The van der Waals surface area contributed by atoms with Crippen LogP contribution in [0.4, 0.5) is 11.4 Å². The van der Waals surface area contributed by atoms with Crippen LogP contribution in [0.2, 0.25) is 0 Å². The summed E-state index contributed by atoms with van der Waals surface area (Å²) in [6.45, 7) is 4.77. The molecule has 146 valence electrons. The molecule has 0 spiro atoms. The number of aromatic amines is 1. The van der Waals surface area contributed by atoms with Crippen molar-refractivity contribution < 1.29 is 4.74 Å². The fraction of sp³-hybridized carbons (Fsp3) is 0.182. The summed E-state index contributed by atoms with van der Waals surface area (Å²) in [5.74, 6) is 1.72. The summed E-state index contributed by atoms with van der Waals surface area (Å²) in [6.07, 6.45) is 1.77. The van der Waals surface area contributed by atoms with Gasteiger partial charge >= 0.3 is 0 Å². The van der Waals surface area contributed by atoms with Gasteiger partial charge in [0.15, 0.2) is 0 Å². The maximum absolute atomic E-state index is 5.94. The van der Waals surface area contributed by atoms with Crippen molar-refractivity contribution in [1.82, 2.24) is 25.6 Å². The molecule has 0 aliphatic carbocycles. The van der Waals surface area contributed by atoms with Gasteiger partial charge in [-0.15, -0.1) is 10.2 Å². The molecule has 0 bridgehead atoms. The first-order chi connectivity index (χ1) is 14.2. The van der Waals surface area contributed by atoms with Crippen molar-refractivity contribution in [3.8, 4) is 17.1 Å². The van der Waals surface area contributed by atoms with E-state index < -0.39 is 0 Å². The highest BCUT2D eigenvalue weighted by Crippen LogP contribution is 2.32. The number of hydrogen-bond acceptors (Lipinski definition) is 6. The molecule has 0 saturated carbocycles. The number of anilines is 2. The fourth-order valence-corrected chi connectivity index (χ4v) is 3.04. The van der Waals surface area contributed by atoms with E-state index in [1.165, 1.54) is 5.56 Å². The van der Waals surface area contributed by atoms with Crippen molar-refractivity contribution >= 4 is 11.4 Å². The van der Waals surface area contributed by atoms with Gasteiger partial charge in [-0.3, -0.25) is 4.98 Å². The van der Waals surface area contributed by atoms with Crippen LogP contribution in [0.1, 0.15) is 31.0 Å². The maximum Gasteiger partial charge on any atom is 0.204 e. The lowest BCUT2D eigenvalue weighted by Crippen LogP contribution is -2.01. The van der Waals surface area contributed by atoms with Crippen LogP contribution in [0, 0.1) is 0 Å². The van der Waals surface area contributed by atoms with Crippen LogP contribution >= 0.6 is 0 Å². The van der Waals surface area contributed by atoms with Gasteiger partial charge in [0.25, 0.3) is 0 Å². The molecule has 4 aromatic rings. The highest BCUT2D eigenvalue weighted by Gasteiger charge is 2.11. The summed E-state index contributed by atoms with van der Waals surface area (Å²) in [4.78, 5) is 4.30. The Bertz CT molecular complexity index is 1060. The lowest BCUT2D eigenvalue weighted by atomic mass is 10.0. The average molecular weight is 386 g/mol. The van der Waals surface area contributed by atoms with Crippen molar-refractivity contribution in [2.24, 2.45) is 0 Å². The van der Waals surface area contributed by atoms with E-state index in [0.29, 0.717) is 18.3 Å². The van der Waals surface area contributed by atoms with E-state index in [2.05, 4.69) is 50.8 Å². The standard InChI is InChI=1S/C22H22N6O/c1-15(2)20-13-19(29-14-18-7-3-4-11-23-18)9-10-21(20)24-17-8-5-6-16(12-17)22-25-27-28-26-22/h3-13,15,24H,14H2,1-2H3,(H,25,26,27,28). The lowest BCUT2D eigenvalue weighted by molar-refractivity contribution is 0.301. The van der Waals surface area contributed by atoms with E-state index in [0.717, 1.165) is 28.4 Å². The molecule has 0 fully saturated rings. The molecular weight excluding hydrogens is 364 g/mol. The Hall–Kier alpha value is -3.74. The Balaban J connectivity index is 1.53.